The number of aliphatic hydroxyl groups excluding tert-OH is 6. The molecule has 0 bridgehead atoms. The van der Waals surface area contributed by atoms with Gasteiger partial charge in [0.1, 0.15) is 24.7 Å². The van der Waals surface area contributed by atoms with Gasteiger partial charge in [0.15, 0.2) is 0 Å². The Bertz CT molecular complexity index is 1610. The number of rotatable bonds is 25. The molecule has 54 heavy (non-hydrogen) atoms. The summed E-state index contributed by atoms with van der Waals surface area (Å²) in [4.78, 5) is 24.2. The van der Waals surface area contributed by atoms with Gasteiger partial charge in [0.05, 0.1) is 26.4 Å². The molecule has 0 aliphatic rings. The van der Waals surface area contributed by atoms with Crippen LogP contribution < -0.4 is 28.9 Å². The number of alkyl halides is 3. The van der Waals surface area contributed by atoms with Crippen molar-refractivity contribution in [3.8, 4) is 17.2 Å². The molecule has 0 amide bonds. The summed E-state index contributed by atoms with van der Waals surface area (Å²) in [6.07, 6.45) is 0. The maximum atomic E-state index is 10.5. The van der Waals surface area contributed by atoms with Gasteiger partial charge < -0.3 is 29.9 Å². The van der Waals surface area contributed by atoms with Crippen molar-refractivity contribution in [3.05, 3.63) is 89.5 Å². The van der Waals surface area contributed by atoms with Gasteiger partial charge in [0.2, 0.25) is 0 Å². The monoisotopic (exact) mass is 864 g/mol. The molecule has 1 heterocycles. The standard InChI is InChI=1S/C38H53IN6O9/c1-39(2)35(51)28-54-34-14-8-5-11-31(34)27-45(17-20-48)38-41-36(43(15-18-46)25-29-9-3-6-12-32(29)52-23-21-49)40-37(42-38)44(16-19-47)26-30-10-4-7-13-33(30)53-24-22-50/h3-14,35,46-51H,15-28H2,1-2H3. The topological polar surface area (TPSA) is 197 Å². The van der Waals surface area contributed by atoms with Crippen LogP contribution in [0.5, 0.6) is 17.2 Å². The fourth-order valence-electron chi connectivity index (χ4n) is 5.42. The molecule has 1 unspecified atom stereocenters. The molecular formula is C38H53IN6O9. The van der Waals surface area contributed by atoms with Gasteiger partial charge in [-0.1, -0.05) is 36.4 Å². The van der Waals surface area contributed by atoms with E-state index in [1.54, 1.807) is 26.8 Å². The Kier molecular flexibility index (Phi) is 18.2. The van der Waals surface area contributed by atoms with E-state index in [4.69, 9.17) is 29.2 Å². The number of anilines is 3. The molecule has 3 aromatic carbocycles. The number of para-hydroxylation sites is 3. The van der Waals surface area contributed by atoms with E-state index in [1.807, 2.05) is 60.7 Å². The van der Waals surface area contributed by atoms with E-state index >= 15 is 0 Å². The van der Waals surface area contributed by atoms with Crippen molar-refractivity contribution in [2.24, 2.45) is 0 Å². The summed E-state index contributed by atoms with van der Waals surface area (Å²) in [5.74, 6) is 2.41. The molecule has 4 aromatic rings. The van der Waals surface area contributed by atoms with Gasteiger partial charge in [-0.2, -0.15) is 0 Å². The Morgan fingerprint density at radius 2 is 0.852 bits per heavy atom. The molecule has 296 valence electrons. The molecule has 1 aromatic heterocycles. The summed E-state index contributed by atoms with van der Waals surface area (Å²) in [7, 11) is 0. The first kappa shape index (κ1) is 42.7. The van der Waals surface area contributed by atoms with E-state index in [-0.39, 0.29) is 110 Å². The molecule has 0 saturated heterocycles. The van der Waals surface area contributed by atoms with Crippen LogP contribution >= 0.6 is 19.8 Å². The Balaban J connectivity index is 1.82. The molecule has 0 spiro atoms. The Morgan fingerprint density at radius 3 is 1.17 bits per heavy atom. The molecule has 4 rings (SSSR count). The Morgan fingerprint density at radius 1 is 0.519 bits per heavy atom. The summed E-state index contributed by atoms with van der Waals surface area (Å²) >= 11 is -1.52. The van der Waals surface area contributed by atoms with Crippen molar-refractivity contribution in [2.75, 3.05) is 97.0 Å². The molecule has 0 aliphatic heterocycles. The summed E-state index contributed by atoms with van der Waals surface area (Å²) in [6.45, 7) is 0.582. The zero-order valence-electron chi connectivity index (χ0n) is 30.9. The Hall–Kier alpha value is -4.04. The van der Waals surface area contributed by atoms with Gasteiger partial charge in [-0.3, -0.25) is 0 Å². The minimum atomic E-state index is -1.52. The number of aromatic nitrogens is 3. The van der Waals surface area contributed by atoms with E-state index in [9.17, 15) is 30.6 Å². The molecule has 6 N–H and O–H groups in total. The van der Waals surface area contributed by atoms with Crippen LogP contribution in [0.2, 0.25) is 0 Å². The van der Waals surface area contributed by atoms with Crippen LogP contribution in [0.4, 0.5) is 17.8 Å². The van der Waals surface area contributed by atoms with Gasteiger partial charge in [-0.25, -0.2) is 0 Å². The van der Waals surface area contributed by atoms with Crippen molar-refractivity contribution >= 4 is 37.7 Å². The molecule has 1 atom stereocenters. The van der Waals surface area contributed by atoms with Crippen LogP contribution in [-0.4, -0.2) is 132 Å². The van der Waals surface area contributed by atoms with Crippen LogP contribution in [0.25, 0.3) is 0 Å². The number of hydrogen-bond donors (Lipinski definition) is 6. The van der Waals surface area contributed by atoms with Crippen molar-refractivity contribution in [1.82, 2.24) is 15.0 Å². The zero-order valence-corrected chi connectivity index (χ0v) is 33.0. The second kappa shape index (κ2) is 23.0. The van der Waals surface area contributed by atoms with Gasteiger partial charge in [0, 0.05) is 11.1 Å². The van der Waals surface area contributed by atoms with Crippen molar-refractivity contribution < 1.29 is 44.8 Å². The first-order valence-electron chi connectivity index (χ1n) is 17.7. The molecular weight excluding hydrogens is 811 g/mol. The Labute approximate surface area is 323 Å². The predicted octanol–water partition coefficient (Wildman–Crippen LogP) is 2.07. The van der Waals surface area contributed by atoms with Crippen molar-refractivity contribution in [2.45, 2.75) is 23.7 Å². The van der Waals surface area contributed by atoms with Crippen LogP contribution in [-0.2, 0) is 19.6 Å². The van der Waals surface area contributed by atoms with Crippen molar-refractivity contribution in [1.29, 1.82) is 0 Å². The van der Waals surface area contributed by atoms with E-state index in [0.717, 1.165) is 16.7 Å². The molecule has 16 heteroatoms. The van der Waals surface area contributed by atoms with Gasteiger partial charge in [-0.15, -0.1) is 0 Å². The summed E-state index contributed by atoms with van der Waals surface area (Å²) < 4.78 is 17.2. The number of benzene rings is 3. The number of hydrogen-bond acceptors (Lipinski definition) is 15. The van der Waals surface area contributed by atoms with Crippen molar-refractivity contribution in [3.63, 3.8) is 0 Å². The molecule has 0 fully saturated rings. The van der Waals surface area contributed by atoms with E-state index < -0.39 is 23.9 Å². The van der Waals surface area contributed by atoms with E-state index in [2.05, 4.69) is 9.86 Å². The van der Waals surface area contributed by atoms with E-state index in [1.165, 1.54) is 0 Å². The van der Waals surface area contributed by atoms with Crippen LogP contribution in [0.3, 0.4) is 0 Å². The average Bonchev–Trinajstić information content (AvgIpc) is 3.18. The predicted molar refractivity (Wildman–Crippen MR) is 216 cm³/mol. The maximum absolute atomic E-state index is 10.5. The number of aliphatic hydroxyl groups is 6. The number of ether oxygens (including phenoxy) is 3. The van der Waals surface area contributed by atoms with Crippen LogP contribution in [0.1, 0.15) is 16.7 Å². The fraction of sp³-hybridized carbons (Fsp3) is 0.447. The second-order valence-corrected chi connectivity index (χ2v) is 18.3. The average molecular weight is 865 g/mol. The number of nitrogens with zero attached hydrogens (tertiary/aromatic N) is 6. The SMILES string of the molecule is CI(C)C(O)COc1ccccc1CN(CCO)c1nc(N(CCO)Cc2ccccc2OCCO)nc(N(CCO)Cc2ccccc2OCCO)n1. The summed E-state index contributed by atoms with van der Waals surface area (Å²) in [6, 6.07) is 22.3. The normalized spacial score (nSPS) is 11.9. The molecule has 0 radical (unpaired) electrons. The molecule has 0 saturated carbocycles. The fourth-order valence-corrected chi connectivity index (χ4v) is 6.32. The summed E-state index contributed by atoms with van der Waals surface area (Å²) in [5, 5.41) is 60.0. The zero-order chi connectivity index (χ0) is 38.7. The third-order valence-electron chi connectivity index (χ3n) is 8.14. The van der Waals surface area contributed by atoms with Gasteiger partial charge in [0.25, 0.3) is 0 Å². The minimum absolute atomic E-state index is 0.108. The third-order valence-corrected chi connectivity index (χ3v) is 11.4. The van der Waals surface area contributed by atoms with Crippen LogP contribution in [0, 0.1) is 0 Å². The molecule has 15 nitrogen and oxygen atoms in total. The van der Waals surface area contributed by atoms with Crippen LogP contribution in [0.15, 0.2) is 72.8 Å². The van der Waals surface area contributed by atoms with E-state index in [0.29, 0.717) is 17.2 Å². The summed E-state index contributed by atoms with van der Waals surface area (Å²) in [5.41, 5.74) is 2.34. The first-order valence-corrected chi connectivity index (χ1v) is 23.2. The molecule has 0 aliphatic carbocycles. The van der Waals surface area contributed by atoms with Gasteiger partial charge >= 0.3 is 184 Å². The van der Waals surface area contributed by atoms with Gasteiger partial charge in [-0.05, 0) is 12.1 Å². The first-order chi connectivity index (χ1) is 26.3. The number of halogens is 1. The quantitative estimate of drug-likeness (QED) is 0.0418. The second-order valence-electron chi connectivity index (χ2n) is 12.2. The third kappa shape index (κ3) is 12.8.